The number of aliphatic hydroxyl groups excluding tert-OH is 2. The average Bonchev–Trinajstić information content (AvgIpc) is 3.13. The zero-order chi connectivity index (χ0) is 16.7. The summed E-state index contributed by atoms with van der Waals surface area (Å²) in [5.41, 5.74) is 3.01. The lowest BCUT2D eigenvalue weighted by molar-refractivity contribution is -0.0127. The van der Waals surface area contributed by atoms with Gasteiger partial charge < -0.3 is 20.6 Å². The van der Waals surface area contributed by atoms with E-state index in [4.69, 9.17) is 0 Å². The SMILES string of the molecule is Oc1c2c3c4c5c1N=CC=5CC[N+]=4C1[C@H](O)C=C4S[C@@H](C[C@@]43[C@H]1O)N2. The van der Waals surface area contributed by atoms with E-state index in [-0.39, 0.29) is 17.2 Å². The molecule has 0 aromatic heterocycles. The molecule has 4 N–H and O–H groups in total. The van der Waals surface area contributed by atoms with Crippen LogP contribution < -0.4 is 20.5 Å². The number of aliphatic hydroxyl groups is 2. The maximum absolute atomic E-state index is 11.4. The molecule has 3 bridgehead atoms. The zero-order valence-electron chi connectivity index (χ0n) is 13.2. The molecule has 0 amide bonds. The monoisotopic (exact) mass is 354 g/mol. The van der Waals surface area contributed by atoms with E-state index < -0.39 is 17.6 Å². The predicted molar refractivity (Wildman–Crippen MR) is 94.8 cm³/mol. The smallest absolute Gasteiger partial charge is 0.216 e. The summed E-state index contributed by atoms with van der Waals surface area (Å²) in [6, 6.07) is -0.336. The van der Waals surface area contributed by atoms with Crippen LogP contribution in [0.15, 0.2) is 16.0 Å². The number of nitrogens with zero attached hydrogens (tertiary/aromatic N) is 2. The summed E-state index contributed by atoms with van der Waals surface area (Å²) in [6.07, 6.45) is 4.04. The minimum absolute atomic E-state index is 0.0967. The summed E-state index contributed by atoms with van der Waals surface area (Å²) in [5.74, 6) is 0.199. The summed E-state index contributed by atoms with van der Waals surface area (Å²) in [4.78, 5) is 5.53. The van der Waals surface area contributed by atoms with Gasteiger partial charge in [-0.2, -0.15) is 0 Å². The number of aromatic hydroxyl groups is 1. The van der Waals surface area contributed by atoms with Gasteiger partial charge in [-0.3, -0.25) is 4.99 Å². The van der Waals surface area contributed by atoms with Crippen molar-refractivity contribution in [2.45, 2.75) is 41.9 Å². The molecule has 5 aliphatic heterocycles. The highest BCUT2D eigenvalue weighted by Gasteiger charge is 2.66. The van der Waals surface area contributed by atoms with Crippen molar-refractivity contribution in [2.24, 2.45) is 4.99 Å². The van der Waals surface area contributed by atoms with E-state index >= 15 is 0 Å². The minimum atomic E-state index is -0.688. The van der Waals surface area contributed by atoms with Gasteiger partial charge in [0.25, 0.3) is 0 Å². The first-order chi connectivity index (χ1) is 12.1. The third-order valence-corrected chi connectivity index (χ3v) is 8.15. The van der Waals surface area contributed by atoms with Crippen LogP contribution in [0.3, 0.4) is 0 Å². The molecule has 1 unspecified atom stereocenters. The van der Waals surface area contributed by atoms with E-state index in [2.05, 4.69) is 14.9 Å². The number of phenolic OH excluding ortho intramolecular Hbond substituents is 1. The van der Waals surface area contributed by atoms with E-state index in [0.29, 0.717) is 5.69 Å². The van der Waals surface area contributed by atoms with Crippen molar-refractivity contribution >= 4 is 34.9 Å². The molecule has 126 valence electrons. The average molecular weight is 354 g/mol. The molecular formula is C18H16N3O3S+. The van der Waals surface area contributed by atoms with Crippen LogP contribution in [-0.4, -0.2) is 51.7 Å². The Morgan fingerprint density at radius 2 is 2.24 bits per heavy atom. The fraction of sp³-hybridized carbons (Fsp3) is 0.444. The highest BCUT2D eigenvalue weighted by molar-refractivity contribution is 8.04. The zero-order valence-corrected chi connectivity index (χ0v) is 14.0. The number of thioether (sulfide) groups is 1. The van der Waals surface area contributed by atoms with E-state index in [9.17, 15) is 15.3 Å². The quantitative estimate of drug-likeness (QED) is 0.365. The van der Waals surface area contributed by atoms with E-state index in [1.165, 1.54) is 0 Å². The third-order valence-electron chi connectivity index (χ3n) is 6.83. The standard InChI is InChI=1S/C18H15N3O3S/c22-7-3-8-18-4-9(25-8)20-13-11(18)15-10-6(5-19-12(10)16(13)23)1-2-21(15)14(7)17(18)24/h3,5,7,9,14,17,22,24H,1-2,4H2,(H,19,20,23)/p+1/t7-,9+,14?,17+,18-/m1/s1. The number of anilines is 1. The van der Waals surface area contributed by atoms with Crippen molar-refractivity contribution in [1.29, 1.82) is 0 Å². The molecule has 6 aliphatic rings. The third kappa shape index (κ3) is 1.19. The van der Waals surface area contributed by atoms with Crippen molar-refractivity contribution in [3.63, 3.8) is 0 Å². The van der Waals surface area contributed by atoms with Crippen molar-refractivity contribution in [1.82, 2.24) is 4.58 Å². The Balaban J connectivity index is 1.80. The second-order valence-electron chi connectivity index (χ2n) is 7.78. The van der Waals surface area contributed by atoms with E-state index in [1.54, 1.807) is 11.8 Å². The number of hydrogen-bond donors (Lipinski definition) is 4. The highest BCUT2D eigenvalue weighted by Crippen LogP contribution is 2.63. The molecule has 7 rings (SSSR count). The van der Waals surface area contributed by atoms with Crippen molar-refractivity contribution in [3.8, 4) is 5.75 Å². The molecule has 0 radical (unpaired) electrons. The maximum Gasteiger partial charge on any atom is 0.216 e. The van der Waals surface area contributed by atoms with Gasteiger partial charge in [0.15, 0.2) is 5.75 Å². The fourth-order valence-electron chi connectivity index (χ4n) is 5.90. The van der Waals surface area contributed by atoms with Crippen molar-refractivity contribution in [2.75, 3.05) is 11.9 Å². The topological polar surface area (TPSA) is 88.1 Å². The predicted octanol–water partition coefficient (Wildman–Crippen LogP) is -0.719. The number of benzene rings is 1. The van der Waals surface area contributed by atoms with E-state index in [1.807, 2.05) is 12.3 Å². The van der Waals surface area contributed by atoms with Gasteiger partial charge in [0.2, 0.25) is 11.4 Å². The summed E-state index contributed by atoms with van der Waals surface area (Å²) in [7, 11) is 0. The number of aliphatic imine (C=N–C) groups is 1. The van der Waals surface area contributed by atoms with Gasteiger partial charge in [0, 0.05) is 12.6 Å². The minimum Gasteiger partial charge on any atom is -0.504 e. The van der Waals surface area contributed by atoms with Crippen LogP contribution in [0.2, 0.25) is 0 Å². The number of fused-ring (bicyclic) bond motifs is 3. The van der Waals surface area contributed by atoms with Crippen molar-refractivity contribution < 1.29 is 15.3 Å². The van der Waals surface area contributed by atoms with Gasteiger partial charge in [-0.1, -0.05) is 0 Å². The van der Waals surface area contributed by atoms with E-state index in [0.717, 1.165) is 51.7 Å². The molecule has 1 fully saturated rings. The largest absolute Gasteiger partial charge is 0.504 e. The number of nitrogens with one attached hydrogen (secondary N) is 1. The normalized spacial score (nSPS) is 40.3. The van der Waals surface area contributed by atoms with Crippen LogP contribution in [0, 0.1) is 0 Å². The Labute approximate surface area is 146 Å². The molecule has 0 saturated carbocycles. The van der Waals surface area contributed by atoms with Crippen molar-refractivity contribution in [3.05, 3.63) is 27.1 Å². The fourth-order valence-corrected chi connectivity index (χ4v) is 7.46. The molecule has 1 saturated heterocycles. The van der Waals surface area contributed by atoms with Gasteiger partial charge in [-0.25, -0.2) is 4.58 Å². The first kappa shape index (κ1) is 13.4. The molecule has 5 atom stereocenters. The molecule has 1 aromatic carbocycles. The lowest BCUT2D eigenvalue weighted by Gasteiger charge is -2.47. The second kappa shape index (κ2) is 3.79. The summed E-state index contributed by atoms with van der Waals surface area (Å²) in [5, 5.41) is 38.7. The highest BCUT2D eigenvalue weighted by atomic mass is 32.2. The molecule has 6 nitrogen and oxygen atoms in total. The number of hydrogen-bond acceptors (Lipinski definition) is 6. The van der Waals surface area contributed by atoms with Gasteiger partial charge >= 0.3 is 0 Å². The summed E-state index contributed by atoms with van der Waals surface area (Å²) in [6.45, 7) is 0.750. The first-order valence-corrected chi connectivity index (χ1v) is 9.61. The lowest BCUT2D eigenvalue weighted by Crippen LogP contribution is -2.70. The van der Waals surface area contributed by atoms with Gasteiger partial charge in [0.1, 0.15) is 24.4 Å². The summed E-state index contributed by atoms with van der Waals surface area (Å²) < 4.78 is 2.16. The van der Waals surface area contributed by atoms with Gasteiger partial charge in [-0.15, -0.1) is 11.8 Å². The second-order valence-corrected chi connectivity index (χ2v) is 9.03. The van der Waals surface area contributed by atoms with Crippen LogP contribution in [0.4, 0.5) is 11.4 Å². The molecule has 1 spiro atoms. The number of phenols is 1. The maximum atomic E-state index is 11.4. The molecule has 5 heterocycles. The lowest BCUT2D eigenvalue weighted by atomic mass is 9.62. The Hall–Kier alpha value is -1.83. The van der Waals surface area contributed by atoms with Gasteiger partial charge in [0.05, 0.1) is 27.3 Å². The number of rotatable bonds is 0. The Kier molecular flexibility index (Phi) is 2.03. The van der Waals surface area contributed by atoms with Crippen LogP contribution in [0.5, 0.6) is 5.75 Å². The van der Waals surface area contributed by atoms with Crippen LogP contribution in [-0.2, 0) is 5.41 Å². The first-order valence-electron chi connectivity index (χ1n) is 8.73. The summed E-state index contributed by atoms with van der Waals surface area (Å²) >= 11 is 1.67. The Morgan fingerprint density at radius 1 is 1.36 bits per heavy atom. The molecule has 1 aliphatic carbocycles. The Morgan fingerprint density at radius 3 is 3.12 bits per heavy atom. The molecule has 25 heavy (non-hydrogen) atoms. The van der Waals surface area contributed by atoms with Crippen LogP contribution in [0.1, 0.15) is 18.4 Å². The molecular weight excluding hydrogens is 338 g/mol. The molecule has 1 aromatic rings. The van der Waals surface area contributed by atoms with Crippen LogP contribution >= 0.6 is 11.8 Å². The molecule has 7 heteroatoms. The Bertz CT molecular complexity index is 1110. The van der Waals surface area contributed by atoms with Gasteiger partial charge in [-0.05, 0) is 23.0 Å². The van der Waals surface area contributed by atoms with Crippen LogP contribution in [0.25, 0.3) is 5.57 Å².